The van der Waals surface area contributed by atoms with Crippen LogP contribution in [-0.2, 0) is 6.54 Å². The monoisotopic (exact) mass is 247 g/mol. The van der Waals surface area contributed by atoms with Crippen molar-refractivity contribution in [2.75, 3.05) is 12.8 Å². The molecule has 0 radical (unpaired) electrons. The van der Waals surface area contributed by atoms with Crippen LogP contribution in [0.15, 0.2) is 37.2 Å². The molecule has 0 saturated heterocycles. The molecule has 94 valence electrons. The molecule has 0 aliphatic rings. The van der Waals surface area contributed by atoms with Crippen molar-refractivity contribution in [1.29, 1.82) is 0 Å². The van der Waals surface area contributed by atoms with E-state index in [2.05, 4.69) is 11.6 Å². The summed E-state index contributed by atoms with van der Waals surface area (Å²) in [5.41, 5.74) is 7.11. The van der Waals surface area contributed by atoms with Crippen LogP contribution in [-0.4, -0.2) is 16.7 Å². The van der Waals surface area contributed by atoms with Gasteiger partial charge < -0.3 is 15.0 Å². The first-order valence-corrected chi connectivity index (χ1v) is 5.42. The van der Waals surface area contributed by atoms with E-state index in [1.165, 1.54) is 13.2 Å². The molecule has 2 rings (SSSR count). The highest BCUT2D eigenvalue weighted by Gasteiger charge is 2.11. The number of ether oxygens (including phenoxy) is 1. The Labute approximate surface area is 105 Å². The van der Waals surface area contributed by atoms with Crippen LogP contribution >= 0.6 is 0 Å². The molecule has 0 fully saturated rings. The smallest absolute Gasteiger partial charge is 0.165 e. The minimum Gasteiger partial charge on any atom is -0.494 e. The van der Waals surface area contributed by atoms with Gasteiger partial charge in [-0.1, -0.05) is 6.08 Å². The number of nitrogens with two attached hydrogens (primary N) is 1. The molecule has 4 nitrogen and oxygen atoms in total. The first kappa shape index (κ1) is 12.2. The van der Waals surface area contributed by atoms with Crippen LogP contribution in [0, 0.1) is 5.82 Å². The van der Waals surface area contributed by atoms with E-state index in [-0.39, 0.29) is 5.75 Å². The Morgan fingerprint density at radius 3 is 2.94 bits per heavy atom. The van der Waals surface area contributed by atoms with E-state index in [1.54, 1.807) is 29.1 Å². The molecular formula is C13H14FN3O. The molecule has 5 heteroatoms. The zero-order chi connectivity index (χ0) is 13.1. The van der Waals surface area contributed by atoms with Gasteiger partial charge in [0, 0.05) is 12.1 Å². The number of nitrogen functional groups attached to an aromatic ring is 1. The Morgan fingerprint density at radius 2 is 2.33 bits per heavy atom. The molecule has 1 heterocycles. The van der Waals surface area contributed by atoms with Crippen molar-refractivity contribution in [2.24, 2.45) is 0 Å². The maximum Gasteiger partial charge on any atom is 0.165 e. The lowest BCUT2D eigenvalue weighted by Gasteiger charge is -2.05. The Balaban J connectivity index is 2.42. The number of hydrogen-bond donors (Lipinski definition) is 1. The number of allylic oxidation sites excluding steroid dienone is 1. The highest BCUT2D eigenvalue weighted by atomic mass is 19.1. The summed E-state index contributed by atoms with van der Waals surface area (Å²) in [7, 11) is 1.42. The van der Waals surface area contributed by atoms with Gasteiger partial charge >= 0.3 is 0 Å². The van der Waals surface area contributed by atoms with Crippen LogP contribution in [0.1, 0.15) is 0 Å². The summed E-state index contributed by atoms with van der Waals surface area (Å²) in [6, 6.07) is 4.63. The largest absolute Gasteiger partial charge is 0.494 e. The number of methoxy groups -OCH3 is 1. The predicted octanol–water partition coefficient (Wildman–Crippen LogP) is 2.47. The molecule has 1 aromatic heterocycles. The second kappa shape index (κ2) is 4.91. The third-order valence-electron chi connectivity index (χ3n) is 2.63. The standard InChI is InChI=1S/C13H14FN3O/c1-3-6-17-8-16-12(13(17)15)9-4-5-11(18-2)10(14)7-9/h3-5,7-8H,1,6,15H2,2H3. The summed E-state index contributed by atoms with van der Waals surface area (Å²) in [4.78, 5) is 4.18. The zero-order valence-electron chi connectivity index (χ0n) is 10.1. The third kappa shape index (κ3) is 2.07. The highest BCUT2D eigenvalue weighted by Crippen LogP contribution is 2.28. The summed E-state index contributed by atoms with van der Waals surface area (Å²) >= 11 is 0. The van der Waals surface area contributed by atoms with E-state index in [9.17, 15) is 4.39 Å². The van der Waals surface area contributed by atoms with E-state index < -0.39 is 5.82 Å². The van der Waals surface area contributed by atoms with Gasteiger partial charge in [-0.05, 0) is 18.2 Å². The van der Waals surface area contributed by atoms with Crippen LogP contribution < -0.4 is 10.5 Å². The Hall–Kier alpha value is -2.30. The van der Waals surface area contributed by atoms with E-state index >= 15 is 0 Å². The molecule has 0 bridgehead atoms. The quantitative estimate of drug-likeness (QED) is 0.844. The molecule has 0 aliphatic carbocycles. The van der Waals surface area contributed by atoms with Gasteiger partial charge in [-0.2, -0.15) is 0 Å². The first-order chi connectivity index (χ1) is 8.67. The summed E-state index contributed by atoms with van der Waals surface area (Å²) < 4.78 is 20.2. The van der Waals surface area contributed by atoms with Crippen molar-refractivity contribution in [2.45, 2.75) is 6.54 Å². The Bertz CT molecular complexity index is 578. The maximum absolute atomic E-state index is 13.6. The third-order valence-corrected chi connectivity index (χ3v) is 2.63. The maximum atomic E-state index is 13.6. The number of imidazole rings is 1. The molecule has 18 heavy (non-hydrogen) atoms. The molecule has 1 aromatic carbocycles. The highest BCUT2D eigenvalue weighted by molar-refractivity contribution is 5.71. The van der Waals surface area contributed by atoms with E-state index in [4.69, 9.17) is 10.5 Å². The van der Waals surface area contributed by atoms with Gasteiger partial charge in [0.2, 0.25) is 0 Å². The van der Waals surface area contributed by atoms with Gasteiger partial charge in [0.1, 0.15) is 11.5 Å². The molecule has 0 atom stereocenters. The fourth-order valence-electron chi connectivity index (χ4n) is 1.71. The molecule has 0 amide bonds. The second-order valence-electron chi connectivity index (χ2n) is 3.77. The molecule has 0 spiro atoms. The Morgan fingerprint density at radius 1 is 1.56 bits per heavy atom. The molecule has 2 aromatic rings. The van der Waals surface area contributed by atoms with Gasteiger partial charge in [-0.3, -0.25) is 0 Å². The fraction of sp³-hybridized carbons (Fsp3) is 0.154. The number of benzene rings is 1. The van der Waals surface area contributed by atoms with Crippen molar-refractivity contribution in [3.05, 3.63) is 43.0 Å². The summed E-state index contributed by atoms with van der Waals surface area (Å²) in [6.45, 7) is 4.20. The number of rotatable bonds is 4. The summed E-state index contributed by atoms with van der Waals surface area (Å²) in [6.07, 6.45) is 3.32. The fourth-order valence-corrected chi connectivity index (χ4v) is 1.71. The van der Waals surface area contributed by atoms with Crippen molar-refractivity contribution in [3.8, 4) is 17.0 Å². The average molecular weight is 247 g/mol. The number of halogens is 1. The zero-order valence-corrected chi connectivity index (χ0v) is 10.1. The van der Waals surface area contributed by atoms with E-state index in [1.807, 2.05) is 0 Å². The van der Waals surface area contributed by atoms with Crippen LogP contribution in [0.5, 0.6) is 5.75 Å². The van der Waals surface area contributed by atoms with Crippen LogP contribution in [0.2, 0.25) is 0 Å². The van der Waals surface area contributed by atoms with E-state index in [0.29, 0.717) is 23.6 Å². The van der Waals surface area contributed by atoms with Crippen LogP contribution in [0.3, 0.4) is 0 Å². The first-order valence-electron chi connectivity index (χ1n) is 5.42. The van der Waals surface area contributed by atoms with Gasteiger partial charge in [0.05, 0.1) is 13.4 Å². The number of nitrogens with zero attached hydrogens (tertiary/aromatic N) is 2. The number of hydrogen-bond acceptors (Lipinski definition) is 3. The SMILES string of the molecule is C=CCn1cnc(-c2ccc(OC)c(F)c2)c1N. The minimum absolute atomic E-state index is 0.197. The van der Waals surface area contributed by atoms with Crippen molar-refractivity contribution >= 4 is 5.82 Å². The lowest BCUT2D eigenvalue weighted by molar-refractivity contribution is 0.386. The molecule has 2 N–H and O–H groups in total. The number of anilines is 1. The lowest BCUT2D eigenvalue weighted by Crippen LogP contribution is -2.00. The van der Waals surface area contributed by atoms with Crippen LogP contribution in [0.4, 0.5) is 10.2 Å². The van der Waals surface area contributed by atoms with Gasteiger partial charge in [-0.25, -0.2) is 9.37 Å². The van der Waals surface area contributed by atoms with Crippen molar-refractivity contribution in [1.82, 2.24) is 9.55 Å². The van der Waals surface area contributed by atoms with Crippen molar-refractivity contribution < 1.29 is 9.13 Å². The lowest BCUT2D eigenvalue weighted by atomic mass is 10.1. The van der Waals surface area contributed by atoms with E-state index in [0.717, 1.165) is 0 Å². The van der Waals surface area contributed by atoms with Gasteiger partial charge in [-0.15, -0.1) is 6.58 Å². The predicted molar refractivity (Wildman–Crippen MR) is 68.8 cm³/mol. The molecule has 0 unspecified atom stereocenters. The molecule has 0 aliphatic heterocycles. The summed E-state index contributed by atoms with van der Waals surface area (Å²) in [5.74, 6) is 0.245. The Kier molecular flexibility index (Phi) is 3.32. The molecule has 0 saturated carbocycles. The molecular weight excluding hydrogens is 233 g/mol. The average Bonchev–Trinajstić information content (AvgIpc) is 2.72. The second-order valence-corrected chi connectivity index (χ2v) is 3.77. The number of aromatic nitrogens is 2. The normalized spacial score (nSPS) is 10.3. The van der Waals surface area contributed by atoms with Crippen molar-refractivity contribution in [3.63, 3.8) is 0 Å². The topological polar surface area (TPSA) is 53.1 Å². The van der Waals surface area contributed by atoms with Gasteiger partial charge in [0.15, 0.2) is 11.6 Å². The van der Waals surface area contributed by atoms with Crippen LogP contribution in [0.25, 0.3) is 11.3 Å². The minimum atomic E-state index is -0.437. The summed E-state index contributed by atoms with van der Waals surface area (Å²) in [5, 5.41) is 0. The van der Waals surface area contributed by atoms with Gasteiger partial charge in [0.25, 0.3) is 0 Å².